The second-order valence-electron chi connectivity index (χ2n) is 6.32. The maximum Gasteiger partial charge on any atom is 0.172 e. The van der Waals surface area contributed by atoms with Crippen molar-refractivity contribution >= 4 is 11.6 Å². The first-order valence-electron chi connectivity index (χ1n) is 8.94. The summed E-state index contributed by atoms with van der Waals surface area (Å²) in [6.07, 6.45) is 6.89. The van der Waals surface area contributed by atoms with Gasteiger partial charge in [-0.25, -0.2) is 0 Å². The van der Waals surface area contributed by atoms with E-state index in [-0.39, 0.29) is 6.23 Å². The lowest BCUT2D eigenvalue weighted by Crippen LogP contribution is -2.29. The highest BCUT2D eigenvalue weighted by Gasteiger charge is 2.12. The van der Waals surface area contributed by atoms with E-state index in [0.717, 1.165) is 16.8 Å². The molecule has 0 spiro atoms. The SMILES string of the molecule is N#Cc1ccc(Oc2cn[nH]c2-c2cccc(COC3C=CC=C(Cl)N3)c2)cc1. The number of aromatic nitrogens is 2. The Morgan fingerprint density at radius 1 is 1.17 bits per heavy atom. The van der Waals surface area contributed by atoms with Crippen LogP contribution in [0.1, 0.15) is 11.1 Å². The van der Waals surface area contributed by atoms with Crippen LogP contribution in [0.25, 0.3) is 11.3 Å². The highest BCUT2D eigenvalue weighted by atomic mass is 35.5. The number of dihydropyridines is 1. The number of ether oxygens (including phenoxy) is 2. The van der Waals surface area contributed by atoms with Gasteiger partial charge in [-0.05, 0) is 48.0 Å². The third-order valence-corrected chi connectivity index (χ3v) is 4.50. The maximum absolute atomic E-state index is 8.91. The summed E-state index contributed by atoms with van der Waals surface area (Å²) in [5.74, 6) is 1.23. The summed E-state index contributed by atoms with van der Waals surface area (Å²) in [5, 5.41) is 19.6. The van der Waals surface area contributed by atoms with Crippen LogP contribution < -0.4 is 10.1 Å². The number of nitrogens with zero attached hydrogens (tertiary/aromatic N) is 2. The second kappa shape index (κ2) is 8.65. The molecule has 7 heteroatoms. The number of allylic oxidation sites excluding steroid dienone is 2. The normalized spacial score (nSPS) is 15.3. The monoisotopic (exact) mass is 404 g/mol. The number of nitriles is 1. The van der Waals surface area contributed by atoms with E-state index >= 15 is 0 Å². The van der Waals surface area contributed by atoms with Gasteiger partial charge in [-0.3, -0.25) is 5.10 Å². The zero-order valence-corrected chi connectivity index (χ0v) is 16.1. The number of rotatable bonds is 6. The Hall–Kier alpha value is -3.53. The summed E-state index contributed by atoms with van der Waals surface area (Å²) in [7, 11) is 0. The van der Waals surface area contributed by atoms with Crippen molar-refractivity contribution in [3.63, 3.8) is 0 Å². The fourth-order valence-electron chi connectivity index (χ4n) is 2.86. The smallest absolute Gasteiger partial charge is 0.172 e. The van der Waals surface area contributed by atoms with Crippen molar-refractivity contribution in [1.29, 1.82) is 5.26 Å². The standard InChI is InChI=1S/C22H17ClN4O2/c23-20-5-2-6-21(26-20)28-14-16-3-1-4-17(11-16)22-19(13-25-27-22)29-18-9-7-15(12-24)8-10-18/h1-11,13,21,26H,14H2,(H,25,27). The van der Waals surface area contributed by atoms with Crippen molar-refractivity contribution < 1.29 is 9.47 Å². The summed E-state index contributed by atoms with van der Waals surface area (Å²) in [5.41, 5.74) is 3.27. The Balaban J connectivity index is 1.47. The lowest BCUT2D eigenvalue weighted by atomic mass is 10.1. The first kappa shape index (κ1) is 18.8. The molecule has 2 aromatic carbocycles. The molecule has 144 valence electrons. The van der Waals surface area contributed by atoms with Crippen molar-refractivity contribution in [3.8, 4) is 28.8 Å². The van der Waals surface area contributed by atoms with Crippen LogP contribution in [0.3, 0.4) is 0 Å². The van der Waals surface area contributed by atoms with Gasteiger partial charge in [0, 0.05) is 5.56 Å². The van der Waals surface area contributed by atoms with Crippen LogP contribution >= 0.6 is 11.6 Å². The average Bonchev–Trinajstić information content (AvgIpc) is 3.21. The molecule has 2 heterocycles. The van der Waals surface area contributed by atoms with Crippen LogP contribution in [0.2, 0.25) is 0 Å². The number of hydrogen-bond acceptors (Lipinski definition) is 5. The number of aromatic amines is 1. The fraction of sp³-hybridized carbons (Fsp3) is 0.0909. The van der Waals surface area contributed by atoms with Gasteiger partial charge in [0.05, 0.1) is 24.4 Å². The average molecular weight is 405 g/mol. The van der Waals surface area contributed by atoms with Gasteiger partial charge in [-0.2, -0.15) is 10.4 Å². The third-order valence-electron chi connectivity index (χ3n) is 4.27. The molecule has 0 fully saturated rings. The second-order valence-corrected chi connectivity index (χ2v) is 6.73. The third kappa shape index (κ3) is 4.66. The predicted octanol–water partition coefficient (Wildman–Crippen LogP) is 4.82. The summed E-state index contributed by atoms with van der Waals surface area (Å²) in [6, 6.07) is 17.0. The first-order valence-corrected chi connectivity index (χ1v) is 9.32. The fourth-order valence-corrected chi connectivity index (χ4v) is 3.04. The van der Waals surface area contributed by atoms with Gasteiger partial charge in [-0.1, -0.05) is 35.9 Å². The van der Waals surface area contributed by atoms with E-state index in [0.29, 0.717) is 28.8 Å². The van der Waals surface area contributed by atoms with Crippen molar-refractivity contribution in [2.45, 2.75) is 12.8 Å². The Labute approximate surface area is 173 Å². The molecule has 0 bridgehead atoms. The van der Waals surface area contributed by atoms with Crippen molar-refractivity contribution in [3.05, 3.63) is 89.2 Å². The molecule has 3 aromatic rings. The molecule has 0 aliphatic carbocycles. The quantitative estimate of drug-likeness (QED) is 0.575. The number of H-pyrrole nitrogens is 1. The summed E-state index contributed by atoms with van der Waals surface area (Å²) in [6.45, 7) is 0.417. The van der Waals surface area contributed by atoms with E-state index in [1.165, 1.54) is 0 Å². The minimum Gasteiger partial charge on any atom is -0.453 e. The topological polar surface area (TPSA) is 83.0 Å². The van der Waals surface area contributed by atoms with Gasteiger partial charge in [-0.15, -0.1) is 0 Å². The predicted molar refractivity (Wildman–Crippen MR) is 110 cm³/mol. The Bertz CT molecular complexity index is 1100. The largest absolute Gasteiger partial charge is 0.453 e. The molecule has 29 heavy (non-hydrogen) atoms. The van der Waals surface area contributed by atoms with Crippen LogP contribution in [0.5, 0.6) is 11.5 Å². The summed E-state index contributed by atoms with van der Waals surface area (Å²) >= 11 is 5.96. The molecular weight excluding hydrogens is 388 g/mol. The Morgan fingerprint density at radius 3 is 2.83 bits per heavy atom. The zero-order chi connectivity index (χ0) is 20.1. The van der Waals surface area contributed by atoms with Gasteiger partial charge in [0.1, 0.15) is 22.8 Å². The number of nitrogens with one attached hydrogen (secondary N) is 2. The molecule has 1 unspecified atom stereocenters. The molecule has 0 amide bonds. The van der Waals surface area contributed by atoms with Crippen LogP contribution in [0, 0.1) is 11.3 Å². The molecular formula is C22H17ClN4O2. The highest BCUT2D eigenvalue weighted by Crippen LogP contribution is 2.32. The number of hydrogen-bond donors (Lipinski definition) is 2. The molecule has 0 saturated carbocycles. The van der Waals surface area contributed by atoms with Crippen molar-refractivity contribution in [2.24, 2.45) is 0 Å². The number of benzene rings is 2. The molecule has 1 aromatic heterocycles. The first-order chi connectivity index (χ1) is 14.2. The molecule has 1 aliphatic heterocycles. The molecule has 4 rings (SSSR count). The molecule has 1 atom stereocenters. The highest BCUT2D eigenvalue weighted by molar-refractivity contribution is 6.29. The van der Waals surface area contributed by atoms with E-state index in [9.17, 15) is 0 Å². The maximum atomic E-state index is 8.91. The van der Waals surface area contributed by atoms with Crippen LogP contribution in [-0.4, -0.2) is 16.4 Å². The van der Waals surface area contributed by atoms with E-state index in [1.54, 1.807) is 36.5 Å². The van der Waals surface area contributed by atoms with Crippen molar-refractivity contribution in [2.75, 3.05) is 0 Å². The van der Waals surface area contributed by atoms with E-state index in [1.807, 2.05) is 36.4 Å². The molecule has 1 aliphatic rings. The minimum atomic E-state index is -0.265. The van der Waals surface area contributed by atoms with E-state index in [4.69, 9.17) is 26.3 Å². The van der Waals surface area contributed by atoms with Gasteiger partial charge in [0.25, 0.3) is 0 Å². The van der Waals surface area contributed by atoms with Gasteiger partial charge in [0.15, 0.2) is 5.75 Å². The lowest BCUT2D eigenvalue weighted by Gasteiger charge is -2.19. The molecule has 2 N–H and O–H groups in total. The zero-order valence-electron chi connectivity index (χ0n) is 15.3. The van der Waals surface area contributed by atoms with Crippen LogP contribution in [0.15, 0.2) is 78.1 Å². The van der Waals surface area contributed by atoms with Gasteiger partial charge in [0.2, 0.25) is 0 Å². The van der Waals surface area contributed by atoms with Gasteiger partial charge >= 0.3 is 0 Å². The Kier molecular flexibility index (Phi) is 5.61. The molecule has 6 nitrogen and oxygen atoms in total. The Morgan fingerprint density at radius 2 is 2.03 bits per heavy atom. The summed E-state index contributed by atoms with van der Waals surface area (Å²) in [4.78, 5) is 0. The molecule has 0 saturated heterocycles. The molecule has 0 radical (unpaired) electrons. The minimum absolute atomic E-state index is 0.265. The van der Waals surface area contributed by atoms with Gasteiger partial charge < -0.3 is 14.8 Å². The van der Waals surface area contributed by atoms with Crippen LogP contribution in [-0.2, 0) is 11.3 Å². The van der Waals surface area contributed by atoms with E-state index in [2.05, 4.69) is 21.6 Å². The lowest BCUT2D eigenvalue weighted by molar-refractivity contribution is 0.0572. The van der Waals surface area contributed by atoms with Crippen LogP contribution in [0.4, 0.5) is 0 Å². The van der Waals surface area contributed by atoms with Crippen molar-refractivity contribution in [1.82, 2.24) is 15.5 Å². The summed E-state index contributed by atoms with van der Waals surface area (Å²) < 4.78 is 11.8. The van der Waals surface area contributed by atoms with E-state index < -0.39 is 0 Å². The number of halogens is 1.